The number of rotatable bonds is 2. The third-order valence-corrected chi connectivity index (χ3v) is 2.92. The zero-order valence-electron chi connectivity index (χ0n) is 9.74. The van der Waals surface area contributed by atoms with Crippen LogP contribution in [0.3, 0.4) is 0 Å². The molecule has 0 N–H and O–H groups in total. The van der Waals surface area contributed by atoms with Crippen LogP contribution in [0, 0.1) is 0 Å². The van der Waals surface area contributed by atoms with Gasteiger partial charge in [-0.05, 0) is 12.8 Å². The van der Waals surface area contributed by atoms with Gasteiger partial charge in [0.25, 0.3) is 0 Å². The Morgan fingerprint density at radius 3 is 2.88 bits per heavy atom. The van der Waals surface area contributed by atoms with Crippen molar-refractivity contribution in [1.82, 2.24) is 4.90 Å². The Morgan fingerprint density at radius 1 is 1.44 bits per heavy atom. The van der Waals surface area contributed by atoms with Crippen molar-refractivity contribution >= 4 is 6.09 Å². The Hall–Kier alpha value is -0.810. The van der Waals surface area contributed by atoms with E-state index in [0.717, 1.165) is 25.8 Å². The summed E-state index contributed by atoms with van der Waals surface area (Å²) in [4.78, 5) is 13.4. The molecule has 0 aromatic rings. The Labute approximate surface area is 95.6 Å². The van der Waals surface area contributed by atoms with Crippen LogP contribution in [-0.2, 0) is 14.2 Å². The molecule has 2 saturated heterocycles. The van der Waals surface area contributed by atoms with Crippen LogP contribution in [0.2, 0.25) is 0 Å². The van der Waals surface area contributed by atoms with Crippen molar-refractivity contribution < 1.29 is 19.0 Å². The lowest BCUT2D eigenvalue weighted by Gasteiger charge is -2.37. The van der Waals surface area contributed by atoms with Crippen LogP contribution in [-0.4, -0.2) is 49.7 Å². The van der Waals surface area contributed by atoms with Crippen molar-refractivity contribution in [2.75, 3.05) is 32.9 Å². The molecule has 0 aliphatic carbocycles. The highest BCUT2D eigenvalue weighted by Crippen LogP contribution is 2.30. The van der Waals surface area contributed by atoms with Gasteiger partial charge in [-0.2, -0.15) is 0 Å². The van der Waals surface area contributed by atoms with Gasteiger partial charge in [0.05, 0.1) is 26.4 Å². The second kappa shape index (κ2) is 5.01. The van der Waals surface area contributed by atoms with Crippen LogP contribution in [0.15, 0.2) is 0 Å². The minimum Gasteiger partial charge on any atom is -0.449 e. The van der Waals surface area contributed by atoms with E-state index >= 15 is 0 Å². The van der Waals surface area contributed by atoms with E-state index < -0.39 is 5.79 Å². The second-order valence-electron chi connectivity index (χ2n) is 4.25. The standard InChI is InChI=1S/C11H19NO4/c1-2-6-14-10(13)12-5-3-4-11(9-12)15-7-8-16-11/h2-9H2,1H3. The molecule has 0 saturated carbocycles. The van der Waals surface area contributed by atoms with Gasteiger partial charge in [0.1, 0.15) is 0 Å². The maximum atomic E-state index is 11.7. The molecule has 0 unspecified atom stereocenters. The first-order chi connectivity index (χ1) is 7.76. The molecule has 92 valence electrons. The van der Waals surface area contributed by atoms with Gasteiger partial charge in [-0.15, -0.1) is 0 Å². The lowest BCUT2D eigenvalue weighted by atomic mass is 10.1. The third kappa shape index (κ3) is 2.47. The Balaban J connectivity index is 1.88. The summed E-state index contributed by atoms with van der Waals surface area (Å²) >= 11 is 0. The molecule has 0 bridgehead atoms. The topological polar surface area (TPSA) is 48.0 Å². The van der Waals surface area contributed by atoms with Gasteiger partial charge in [-0.1, -0.05) is 6.92 Å². The van der Waals surface area contributed by atoms with Gasteiger partial charge in [-0.25, -0.2) is 4.79 Å². The third-order valence-electron chi connectivity index (χ3n) is 2.92. The Morgan fingerprint density at radius 2 is 2.19 bits per heavy atom. The van der Waals surface area contributed by atoms with Gasteiger partial charge in [-0.3, -0.25) is 0 Å². The minimum absolute atomic E-state index is 0.250. The summed E-state index contributed by atoms with van der Waals surface area (Å²) in [6.07, 6.45) is 2.36. The van der Waals surface area contributed by atoms with Gasteiger partial charge in [0.2, 0.25) is 0 Å². The lowest BCUT2D eigenvalue weighted by Crippen LogP contribution is -2.51. The van der Waals surface area contributed by atoms with Crippen LogP contribution in [0.4, 0.5) is 4.79 Å². The molecule has 2 aliphatic heterocycles. The van der Waals surface area contributed by atoms with Crippen molar-refractivity contribution in [2.24, 2.45) is 0 Å². The number of carbonyl (C=O) groups is 1. The van der Waals surface area contributed by atoms with Crippen molar-refractivity contribution in [3.05, 3.63) is 0 Å². The molecular weight excluding hydrogens is 210 g/mol. The molecule has 0 aromatic heterocycles. The smallest absolute Gasteiger partial charge is 0.409 e. The van der Waals surface area contributed by atoms with Crippen LogP contribution < -0.4 is 0 Å². The first kappa shape index (κ1) is 11.7. The highest BCUT2D eigenvalue weighted by Gasteiger charge is 2.42. The normalized spacial score (nSPS) is 23.7. The number of amides is 1. The van der Waals surface area contributed by atoms with E-state index in [2.05, 4.69) is 0 Å². The summed E-state index contributed by atoms with van der Waals surface area (Å²) in [5, 5.41) is 0. The molecule has 0 aromatic carbocycles. The minimum atomic E-state index is -0.552. The van der Waals surface area contributed by atoms with Crippen LogP contribution in [0.1, 0.15) is 26.2 Å². The van der Waals surface area contributed by atoms with E-state index in [9.17, 15) is 4.79 Å². The first-order valence-electron chi connectivity index (χ1n) is 5.95. The van der Waals surface area contributed by atoms with Crippen LogP contribution in [0.5, 0.6) is 0 Å². The predicted molar refractivity (Wildman–Crippen MR) is 57.1 cm³/mol. The molecule has 5 heteroatoms. The number of carbonyl (C=O) groups excluding carboxylic acids is 1. The molecular formula is C11H19NO4. The highest BCUT2D eigenvalue weighted by molar-refractivity contribution is 5.67. The molecule has 16 heavy (non-hydrogen) atoms. The quantitative estimate of drug-likeness (QED) is 0.717. The number of likely N-dealkylation sites (tertiary alicyclic amines) is 1. The molecule has 0 radical (unpaired) electrons. The Kier molecular flexibility index (Phi) is 3.66. The van der Waals surface area contributed by atoms with Gasteiger partial charge in [0, 0.05) is 13.0 Å². The molecule has 0 atom stereocenters. The fraction of sp³-hybridized carbons (Fsp3) is 0.909. The van der Waals surface area contributed by atoms with Crippen LogP contribution >= 0.6 is 0 Å². The van der Waals surface area contributed by atoms with Crippen LogP contribution in [0.25, 0.3) is 0 Å². The van der Waals surface area contributed by atoms with E-state index in [1.54, 1.807) is 4.90 Å². The zero-order valence-corrected chi connectivity index (χ0v) is 9.74. The number of hydrogen-bond donors (Lipinski definition) is 0. The van der Waals surface area contributed by atoms with Gasteiger partial charge < -0.3 is 19.1 Å². The summed E-state index contributed by atoms with van der Waals surface area (Å²) in [6.45, 7) is 4.93. The monoisotopic (exact) mass is 229 g/mol. The van der Waals surface area contributed by atoms with E-state index in [1.807, 2.05) is 6.92 Å². The van der Waals surface area contributed by atoms with Crippen molar-refractivity contribution in [3.8, 4) is 0 Å². The largest absolute Gasteiger partial charge is 0.449 e. The number of ether oxygens (including phenoxy) is 3. The summed E-state index contributed by atoms with van der Waals surface area (Å²) in [5.74, 6) is -0.552. The zero-order chi connectivity index (χ0) is 11.4. The van der Waals surface area contributed by atoms with Crippen molar-refractivity contribution in [2.45, 2.75) is 32.0 Å². The first-order valence-corrected chi connectivity index (χ1v) is 5.95. The average Bonchev–Trinajstić information content (AvgIpc) is 2.74. The summed E-state index contributed by atoms with van der Waals surface area (Å²) in [6, 6.07) is 0. The molecule has 1 amide bonds. The molecule has 1 spiro atoms. The molecule has 5 nitrogen and oxygen atoms in total. The summed E-state index contributed by atoms with van der Waals surface area (Å²) < 4.78 is 16.3. The highest BCUT2D eigenvalue weighted by atomic mass is 16.7. The molecule has 2 fully saturated rings. The van der Waals surface area contributed by atoms with Crippen molar-refractivity contribution in [3.63, 3.8) is 0 Å². The molecule has 2 aliphatic rings. The van der Waals surface area contributed by atoms with Crippen molar-refractivity contribution in [1.29, 1.82) is 0 Å². The van der Waals surface area contributed by atoms with Gasteiger partial charge >= 0.3 is 6.09 Å². The molecule has 2 rings (SSSR count). The second-order valence-corrected chi connectivity index (χ2v) is 4.25. The fourth-order valence-electron chi connectivity index (χ4n) is 2.16. The van der Waals surface area contributed by atoms with E-state index in [4.69, 9.17) is 14.2 Å². The van der Waals surface area contributed by atoms with E-state index in [1.165, 1.54) is 0 Å². The SMILES string of the molecule is CCCOC(=O)N1CCCC2(C1)OCCO2. The summed E-state index contributed by atoms with van der Waals surface area (Å²) in [5.41, 5.74) is 0. The number of piperidine rings is 1. The summed E-state index contributed by atoms with van der Waals surface area (Å²) in [7, 11) is 0. The maximum Gasteiger partial charge on any atom is 0.409 e. The van der Waals surface area contributed by atoms with E-state index in [-0.39, 0.29) is 6.09 Å². The van der Waals surface area contributed by atoms with E-state index in [0.29, 0.717) is 26.4 Å². The fourth-order valence-corrected chi connectivity index (χ4v) is 2.16. The number of nitrogens with zero attached hydrogens (tertiary/aromatic N) is 1. The Bertz CT molecular complexity index is 250. The van der Waals surface area contributed by atoms with Gasteiger partial charge in [0.15, 0.2) is 5.79 Å². The predicted octanol–water partition coefficient (Wildman–Crippen LogP) is 1.37. The molecule has 2 heterocycles. The maximum absolute atomic E-state index is 11.7. The number of hydrogen-bond acceptors (Lipinski definition) is 4. The lowest BCUT2D eigenvalue weighted by molar-refractivity contribution is -0.185. The average molecular weight is 229 g/mol.